The van der Waals surface area contributed by atoms with Crippen molar-refractivity contribution in [1.29, 1.82) is 0 Å². The lowest BCUT2D eigenvalue weighted by Crippen LogP contribution is -2.35. The first-order valence-corrected chi connectivity index (χ1v) is 11.6. The number of anilines is 1. The number of amides is 1. The number of thiophene rings is 1. The molecule has 146 valence electrons. The zero-order valence-electron chi connectivity index (χ0n) is 14.9. The van der Waals surface area contributed by atoms with E-state index in [2.05, 4.69) is 10.3 Å². The number of thiazole rings is 1. The average molecular weight is 436 g/mol. The number of hydrogen-bond donors (Lipinski definition) is 1. The molecule has 1 amide bonds. The van der Waals surface area contributed by atoms with Crippen molar-refractivity contribution >= 4 is 43.7 Å². The van der Waals surface area contributed by atoms with E-state index in [1.165, 1.54) is 34.1 Å². The molecule has 0 saturated carbocycles. The normalized spacial score (nSPS) is 14.5. The predicted octanol–water partition coefficient (Wildman–Crippen LogP) is 3.21. The van der Waals surface area contributed by atoms with E-state index in [4.69, 9.17) is 4.74 Å². The van der Waals surface area contributed by atoms with E-state index in [0.29, 0.717) is 28.7 Å². The van der Waals surface area contributed by atoms with Crippen LogP contribution in [0.15, 0.2) is 46.7 Å². The van der Waals surface area contributed by atoms with Crippen molar-refractivity contribution in [2.45, 2.75) is 17.9 Å². The second-order valence-corrected chi connectivity index (χ2v) is 10.1. The Kier molecular flexibility index (Phi) is 5.19. The van der Waals surface area contributed by atoms with Crippen molar-refractivity contribution in [1.82, 2.24) is 9.29 Å². The van der Waals surface area contributed by atoms with Crippen LogP contribution in [-0.2, 0) is 23.0 Å². The molecule has 0 spiro atoms. The number of rotatable bonds is 5. The molecule has 1 aromatic carbocycles. The van der Waals surface area contributed by atoms with E-state index in [0.717, 1.165) is 10.6 Å². The number of ether oxygens (including phenoxy) is 1. The topological polar surface area (TPSA) is 88.6 Å². The van der Waals surface area contributed by atoms with Gasteiger partial charge in [-0.15, -0.1) is 22.7 Å². The first kappa shape index (κ1) is 19.1. The molecule has 0 fully saturated rings. The summed E-state index contributed by atoms with van der Waals surface area (Å²) < 4.78 is 32.4. The van der Waals surface area contributed by atoms with Gasteiger partial charge in [-0.2, -0.15) is 4.31 Å². The zero-order chi connectivity index (χ0) is 19.7. The monoisotopic (exact) mass is 435 g/mol. The highest BCUT2D eigenvalue weighted by molar-refractivity contribution is 7.89. The summed E-state index contributed by atoms with van der Waals surface area (Å²) in [5.41, 5.74) is 0.840. The molecule has 0 atom stereocenters. The number of carbonyl (C=O) groups excluding carboxylic acids is 1. The van der Waals surface area contributed by atoms with Crippen LogP contribution in [0.1, 0.15) is 20.2 Å². The molecule has 0 aliphatic carbocycles. The van der Waals surface area contributed by atoms with E-state index in [-0.39, 0.29) is 17.3 Å². The smallest absolute Gasteiger partial charge is 0.267 e. The molecule has 7 nitrogen and oxygen atoms in total. The quantitative estimate of drug-likeness (QED) is 0.665. The summed E-state index contributed by atoms with van der Waals surface area (Å²) in [5.74, 6) is 0.400. The Morgan fingerprint density at radius 3 is 2.71 bits per heavy atom. The molecule has 0 bridgehead atoms. The summed E-state index contributed by atoms with van der Waals surface area (Å²) in [6.45, 7) is 0.597. The third-order valence-electron chi connectivity index (χ3n) is 4.36. The number of hydrogen-bond acceptors (Lipinski definition) is 7. The molecule has 1 aliphatic heterocycles. The molecule has 1 N–H and O–H groups in total. The van der Waals surface area contributed by atoms with Crippen molar-refractivity contribution in [3.63, 3.8) is 0 Å². The van der Waals surface area contributed by atoms with Gasteiger partial charge in [0.2, 0.25) is 10.0 Å². The van der Waals surface area contributed by atoms with Gasteiger partial charge < -0.3 is 4.74 Å². The highest BCUT2D eigenvalue weighted by Gasteiger charge is 2.30. The van der Waals surface area contributed by atoms with E-state index in [1.807, 2.05) is 11.4 Å². The summed E-state index contributed by atoms with van der Waals surface area (Å²) >= 11 is 2.67. The van der Waals surface area contributed by atoms with Crippen molar-refractivity contribution in [3.05, 3.63) is 57.2 Å². The summed E-state index contributed by atoms with van der Waals surface area (Å²) in [5, 5.41) is 5.13. The minimum Gasteiger partial charge on any atom is -0.497 e. The lowest BCUT2D eigenvalue weighted by molar-refractivity contribution is 0.103. The van der Waals surface area contributed by atoms with Gasteiger partial charge in [-0.05, 0) is 35.7 Å². The van der Waals surface area contributed by atoms with Crippen LogP contribution in [0.2, 0.25) is 0 Å². The van der Waals surface area contributed by atoms with Crippen molar-refractivity contribution in [3.8, 4) is 5.75 Å². The minimum absolute atomic E-state index is 0.205. The van der Waals surface area contributed by atoms with Crippen LogP contribution in [0, 0.1) is 0 Å². The Morgan fingerprint density at radius 1 is 1.25 bits per heavy atom. The Morgan fingerprint density at radius 2 is 2.04 bits per heavy atom. The van der Waals surface area contributed by atoms with Crippen LogP contribution >= 0.6 is 22.7 Å². The zero-order valence-corrected chi connectivity index (χ0v) is 17.4. The summed E-state index contributed by atoms with van der Waals surface area (Å²) in [4.78, 5) is 18.4. The van der Waals surface area contributed by atoms with Gasteiger partial charge in [-0.25, -0.2) is 13.4 Å². The van der Waals surface area contributed by atoms with E-state index >= 15 is 0 Å². The van der Waals surface area contributed by atoms with Crippen LogP contribution in [0.5, 0.6) is 5.75 Å². The van der Waals surface area contributed by atoms with Crippen LogP contribution in [0.3, 0.4) is 0 Å². The molecule has 0 unspecified atom stereocenters. The Balaban J connectivity index is 1.51. The standard InChI is InChI=1S/C18H17N3O4S3/c1-25-12-4-6-13(7-5-12)28(23,24)21-9-8-14-16(11-21)27-18(19-14)20-17(22)15-3-2-10-26-15/h2-7,10H,8-9,11H2,1H3,(H,19,20,22). The molecular weight excluding hydrogens is 418 g/mol. The van der Waals surface area contributed by atoms with Crippen LogP contribution in [0.4, 0.5) is 5.13 Å². The predicted molar refractivity (Wildman–Crippen MR) is 109 cm³/mol. The fourth-order valence-corrected chi connectivity index (χ4v) is 6.02. The number of carbonyl (C=O) groups is 1. The second kappa shape index (κ2) is 7.63. The van der Waals surface area contributed by atoms with E-state index in [9.17, 15) is 13.2 Å². The number of aromatic nitrogens is 1. The molecule has 4 rings (SSSR count). The largest absolute Gasteiger partial charge is 0.497 e. The lowest BCUT2D eigenvalue weighted by atomic mass is 10.2. The lowest BCUT2D eigenvalue weighted by Gasteiger charge is -2.25. The molecule has 0 radical (unpaired) electrons. The number of fused-ring (bicyclic) bond motifs is 1. The van der Waals surface area contributed by atoms with Crippen molar-refractivity contribution < 1.29 is 17.9 Å². The van der Waals surface area contributed by atoms with Gasteiger partial charge in [-0.3, -0.25) is 10.1 Å². The molecule has 28 heavy (non-hydrogen) atoms. The first-order valence-electron chi connectivity index (χ1n) is 8.45. The van der Waals surface area contributed by atoms with Gasteiger partial charge in [0.1, 0.15) is 5.75 Å². The van der Waals surface area contributed by atoms with E-state index in [1.54, 1.807) is 30.3 Å². The van der Waals surface area contributed by atoms with Gasteiger partial charge in [-0.1, -0.05) is 6.07 Å². The third-order valence-corrected chi connectivity index (χ3v) is 8.08. The highest BCUT2D eigenvalue weighted by Crippen LogP contribution is 2.31. The van der Waals surface area contributed by atoms with Gasteiger partial charge in [0.15, 0.2) is 5.13 Å². The fourth-order valence-electron chi connectivity index (χ4n) is 2.89. The minimum atomic E-state index is -3.61. The van der Waals surface area contributed by atoms with Crippen LogP contribution < -0.4 is 10.1 Å². The molecular formula is C18H17N3O4S3. The molecule has 2 aromatic heterocycles. The maximum atomic E-state index is 12.9. The first-order chi connectivity index (χ1) is 13.5. The number of methoxy groups -OCH3 is 1. The highest BCUT2D eigenvalue weighted by atomic mass is 32.2. The van der Waals surface area contributed by atoms with Crippen molar-refractivity contribution in [2.24, 2.45) is 0 Å². The number of sulfonamides is 1. The fraction of sp³-hybridized carbons (Fsp3) is 0.222. The molecule has 0 saturated heterocycles. The van der Waals surface area contributed by atoms with Gasteiger partial charge in [0.05, 0.1) is 29.1 Å². The number of nitrogens with zero attached hydrogens (tertiary/aromatic N) is 2. The Labute approximate surface area is 170 Å². The summed E-state index contributed by atoms with van der Waals surface area (Å²) in [7, 11) is -2.07. The van der Waals surface area contributed by atoms with Gasteiger partial charge in [0, 0.05) is 17.8 Å². The van der Waals surface area contributed by atoms with Gasteiger partial charge in [0.25, 0.3) is 5.91 Å². The number of nitrogens with one attached hydrogen (secondary N) is 1. The SMILES string of the molecule is COc1ccc(S(=O)(=O)N2CCc3nc(NC(=O)c4cccs4)sc3C2)cc1. The van der Waals surface area contributed by atoms with Gasteiger partial charge >= 0.3 is 0 Å². The maximum Gasteiger partial charge on any atom is 0.267 e. The Hall–Kier alpha value is -2.27. The second-order valence-electron chi connectivity index (χ2n) is 6.08. The molecule has 1 aliphatic rings. The Bertz CT molecular complexity index is 1090. The molecule has 10 heteroatoms. The van der Waals surface area contributed by atoms with Crippen LogP contribution in [0.25, 0.3) is 0 Å². The number of benzene rings is 1. The van der Waals surface area contributed by atoms with Crippen molar-refractivity contribution in [2.75, 3.05) is 19.0 Å². The molecule has 3 aromatic rings. The molecule has 3 heterocycles. The third kappa shape index (κ3) is 3.68. The maximum absolute atomic E-state index is 12.9. The summed E-state index contributed by atoms with van der Waals surface area (Å²) in [6.07, 6.45) is 0.510. The summed E-state index contributed by atoms with van der Waals surface area (Å²) in [6, 6.07) is 9.91. The average Bonchev–Trinajstić information content (AvgIpc) is 3.36. The van der Waals surface area contributed by atoms with E-state index < -0.39 is 10.0 Å². The van der Waals surface area contributed by atoms with Crippen LogP contribution in [-0.4, -0.2) is 37.3 Å².